The maximum atomic E-state index is 11.0. The van der Waals surface area contributed by atoms with Gasteiger partial charge in [-0.1, -0.05) is 11.6 Å². The number of nitrogens with two attached hydrogens (primary N) is 1. The smallest absolute Gasteiger partial charge is 0.294 e. The topological polar surface area (TPSA) is 122 Å². The minimum Gasteiger partial charge on any atom is -0.369 e. The van der Waals surface area contributed by atoms with Crippen molar-refractivity contribution in [3.63, 3.8) is 0 Å². The van der Waals surface area contributed by atoms with E-state index in [2.05, 4.69) is 10.5 Å². The van der Waals surface area contributed by atoms with Crippen LogP contribution in [0.5, 0.6) is 0 Å². The molecule has 1 aromatic rings. The largest absolute Gasteiger partial charge is 0.369 e. The fourth-order valence-corrected chi connectivity index (χ4v) is 1.86. The third-order valence-corrected chi connectivity index (χ3v) is 3.21. The Hall–Kier alpha value is -1.64. The summed E-state index contributed by atoms with van der Waals surface area (Å²) >= 11 is 5.84. The molecule has 1 amide bonds. The number of anilines is 1. The Balaban J connectivity index is 2.98. The molecule has 7 nitrogen and oxygen atoms in total. The standard InChI is InChI=1S/C10H12ClN3O4S/c1-6(4-10(12)15)13-14-9-5-7(19(16,17)18)2-3-8(9)11/h2-3,5,14H,4H2,1H3,(H2,12,15)(H,16,17,18)/b13-6+. The normalized spacial score (nSPS) is 12.3. The van der Waals surface area contributed by atoms with Crippen molar-refractivity contribution in [2.75, 3.05) is 5.43 Å². The van der Waals surface area contributed by atoms with Crippen molar-refractivity contribution in [3.05, 3.63) is 23.2 Å². The first-order valence-electron chi connectivity index (χ1n) is 5.04. The van der Waals surface area contributed by atoms with Crippen molar-refractivity contribution in [2.45, 2.75) is 18.2 Å². The van der Waals surface area contributed by atoms with E-state index in [0.717, 1.165) is 12.1 Å². The maximum absolute atomic E-state index is 11.0. The van der Waals surface area contributed by atoms with Crippen molar-refractivity contribution in [3.8, 4) is 0 Å². The summed E-state index contributed by atoms with van der Waals surface area (Å²) in [6, 6.07) is 3.58. The van der Waals surface area contributed by atoms with Gasteiger partial charge in [0.15, 0.2) is 0 Å². The van der Waals surface area contributed by atoms with Gasteiger partial charge in [0.25, 0.3) is 10.1 Å². The zero-order valence-electron chi connectivity index (χ0n) is 9.92. The lowest BCUT2D eigenvalue weighted by Gasteiger charge is -2.06. The SMILES string of the molecule is C/C(CC(N)=O)=N\Nc1cc(S(=O)(=O)O)ccc1Cl. The number of hydrogen-bond donors (Lipinski definition) is 3. The van der Waals surface area contributed by atoms with E-state index < -0.39 is 16.0 Å². The molecule has 104 valence electrons. The first-order valence-corrected chi connectivity index (χ1v) is 6.86. The molecule has 0 radical (unpaired) electrons. The molecule has 19 heavy (non-hydrogen) atoms. The molecule has 1 rings (SSSR count). The second-order valence-electron chi connectivity index (χ2n) is 3.72. The van der Waals surface area contributed by atoms with Crippen molar-refractivity contribution in [1.82, 2.24) is 0 Å². The van der Waals surface area contributed by atoms with Crippen molar-refractivity contribution < 1.29 is 17.8 Å². The van der Waals surface area contributed by atoms with Crippen LogP contribution in [0, 0.1) is 0 Å². The van der Waals surface area contributed by atoms with Crippen LogP contribution in [0.2, 0.25) is 5.02 Å². The van der Waals surface area contributed by atoms with Gasteiger partial charge in [0.05, 0.1) is 22.0 Å². The number of benzene rings is 1. The maximum Gasteiger partial charge on any atom is 0.294 e. The monoisotopic (exact) mass is 305 g/mol. The Morgan fingerprint density at radius 2 is 2.16 bits per heavy atom. The Kier molecular flexibility index (Phi) is 4.87. The molecule has 9 heteroatoms. The van der Waals surface area contributed by atoms with Gasteiger partial charge in [-0.15, -0.1) is 0 Å². The average Bonchev–Trinajstić information content (AvgIpc) is 2.25. The quantitative estimate of drug-likeness (QED) is 0.429. The van der Waals surface area contributed by atoms with E-state index in [1.807, 2.05) is 0 Å². The molecule has 0 saturated heterocycles. The number of hydrazone groups is 1. The van der Waals surface area contributed by atoms with E-state index in [4.69, 9.17) is 21.9 Å². The van der Waals surface area contributed by atoms with Crippen molar-refractivity contribution in [2.24, 2.45) is 10.8 Å². The number of amides is 1. The van der Waals surface area contributed by atoms with Gasteiger partial charge in [0.1, 0.15) is 0 Å². The summed E-state index contributed by atoms with van der Waals surface area (Å²) in [7, 11) is -4.32. The van der Waals surface area contributed by atoms with Crippen LogP contribution in [0.25, 0.3) is 0 Å². The minimum atomic E-state index is -4.32. The van der Waals surface area contributed by atoms with Crippen LogP contribution in [0.15, 0.2) is 28.2 Å². The van der Waals surface area contributed by atoms with Crippen LogP contribution in [0.1, 0.15) is 13.3 Å². The third kappa shape index (κ3) is 4.86. The summed E-state index contributed by atoms with van der Waals surface area (Å²) in [6.07, 6.45) is -0.0391. The average molecular weight is 306 g/mol. The molecule has 0 saturated carbocycles. The van der Waals surface area contributed by atoms with Crippen LogP contribution in [-0.2, 0) is 14.9 Å². The van der Waals surface area contributed by atoms with Crippen LogP contribution < -0.4 is 11.2 Å². The lowest BCUT2D eigenvalue weighted by atomic mass is 10.3. The molecule has 0 spiro atoms. The number of nitrogens with one attached hydrogen (secondary N) is 1. The summed E-state index contributed by atoms with van der Waals surface area (Å²) < 4.78 is 30.8. The summed E-state index contributed by atoms with van der Waals surface area (Å²) in [6.45, 7) is 1.57. The molecule has 0 aliphatic heterocycles. The molecule has 0 aliphatic rings. The van der Waals surface area contributed by atoms with Gasteiger partial charge in [-0.25, -0.2) is 0 Å². The van der Waals surface area contributed by atoms with Gasteiger partial charge < -0.3 is 5.73 Å². The molecule has 1 aromatic carbocycles. The van der Waals surface area contributed by atoms with Crippen LogP contribution in [0.3, 0.4) is 0 Å². The molecule has 0 heterocycles. The molecule has 0 aliphatic carbocycles. The van der Waals surface area contributed by atoms with E-state index in [1.165, 1.54) is 6.07 Å². The number of primary amides is 1. The molecule has 0 aromatic heterocycles. The summed E-state index contributed by atoms with van der Waals surface area (Å²) in [5.41, 5.74) is 8.08. The molecule has 0 bridgehead atoms. The Bertz CT molecular complexity index is 628. The number of halogens is 1. The number of nitrogens with zero attached hydrogens (tertiary/aromatic N) is 1. The highest BCUT2D eigenvalue weighted by molar-refractivity contribution is 7.85. The first-order chi connectivity index (χ1) is 8.70. The van der Waals surface area contributed by atoms with Gasteiger partial charge in [-0.3, -0.25) is 14.8 Å². The number of hydrogen-bond acceptors (Lipinski definition) is 5. The van der Waals surface area contributed by atoms with E-state index in [0.29, 0.717) is 5.71 Å². The predicted molar refractivity (Wildman–Crippen MR) is 71.8 cm³/mol. The van der Waals surface area contributed by atoms with Crippen LogP contribution in [-0.4, -0.2) is 24.6 Å². The highest BCUT2D eigenvalue weighted by Crippen LogP contribution is 2.25. The van der Waals surface area contributed by atoms with E-state index in [-0.39, 0.29) is 22.0 Å². The van der Waals surface area contributed by atoms with Gasteiger partial charge in [0, 0.05) is 5.71 Å². The van der Waals surface area contributed by atoms with Crippen molar-refractivity contribution >= 4 is 39.0 Å². The predicted octanol–water partition coefficient (Wildman–Crippen LogP) is 1.25. The fraction of sp³-hybridized carbons (Fsp3) is 0.200. The molecule has 0 fully saturated rings. The second kappa shape index (κ2) is 6.00. The first kappa shape index (κ1) is 15.4. The lowest BCUT2D eigenvalue weighted by molar-refractivity contribution is -0.116. The molecule has 0 unspecified atom stereocenters. The Morgan fingerprint density at radius 1 is 1.53 bits per heavy atom. The van der Waals surface area contributed by atoms with E-state index in [9.17, 15) is 13.2 Å². The van der Waals surface area contributed by atoms with Crippen LogP contribution in [0.4, 0.5) is 5.69 Å². The Labute approximate surface area is 115 Å². The van der Waals surface area contributed by atoms with Gasteiger partial charge >= 0.3 is 0 Å². The molecular formula is C10H12ClN3O4S. The van der Waals surface area contributed by atoms with Crippen LogP contribution >= 0.6 is 11.6 Å². The summed E-state index contributed by atoms with van der Waals surface area (Å²) in [5, 5.41) is 4.03. The van der Waals surface area contributed by atoms with Gasteiger partial charge in [-0.05, 0) is 25.1 Å². The number of carbonyl (C=O) groups is 1. The second-order valence-corrected chi connectivity index (χ2v) is 5.55. The van der Waals surface area contributed by atoms with E-state index >= 15 is 0 Å². The third-order valence-electron chi connectivity index (χ3n) is 2.03. The number of rotatable bonds is 5. The summed E-state index contributed by atoms with van der Waals surface area (Å²) in [5.74, 6) is -0.541. The molecule has 0 atom stereocenters. The van der Waals surface area contributed by atoms with Crippen molar-refractivity contribution in [1.29, 1.82) is 0 Å². The highest BCUT2D eigenvalue weighted by Gasteiger charge is 2.12. The number of carbonyl (C=O) groups excluding carboxylic acids is 1. The fourth-order valence-electron chi connectivity index (χ4n) is 1.20. The molecular weight excluding hydrogens is 294 g/mol. The minimum absolute atomic E-state index is 0.0391. The lowest BCUT2D eigenvalue weighted by Crippen LogP contribution is -2.15. The van der Waals surface area contributed by atoms with Gasteiger partial charge in [0.2, 0.25) is 5.91 Å². The Morgan fingerprint density at radius 3 is 2.68 bits per heavy atom. The zero-order chi connectivity index (χ0) is 14.6. The van der Waals surface area contributed by atoms with E-state index in [1.54, 1.807) is 6.92 Å². The molecule has 4 N–H and O–H groups in total. The van der Waals surface area contributed by atoms with Gasteiger partial charge in [-0.2, -0.15) is 13.5 Å². The summed E-state index contributed by atoms with van der Waals surface area (Å²) in [4.78, 5) is 10.3. The zero-order valence-corrected chi connectivity index (χ0v) is 11.5. The highest BCUT2D eigenvalue weighted by atomic mass is 35.5.